The molecule has 11 nitrogen and oxygen atoms in total. The number of sulfonamides is 1. The van der Waals surface area contributed by atoms with Gasteiger partial charge >= 0.3 is 0 Å². The third kappa shape index (κ3) is 6.30. The average Bonchev–Trinajstić information content (AvgIpc) is 3.14. The summed E-state index contributed by atoms with van der Waals surface area (Å²) in [7, 11) is -4.23. The van der Waals surface area contributed by atoms with Crippen LogP contribution in [0.5, 0.6) is 11.6 Å². The Balaban J connectivity index is 2.20. The number of non-ortho nitro benzene ring substituents is 1. The van der Waals surface area contributed by atoms with Crippen LogP contribution in [-0.4, -0.2) is 41.1 Å². The Morgan fingerprint density at radius 3 is 2.41 bits per heavy atom. The van der Waals surface area contributed by atoms with Gasteiger partial charge in [0.15, 0.2) is 5.69 Å². The smallest absolute Gasteiger partial charge is 0.272 e. The average molecular weight is 534 g/mol. The second-order valence-corrected chi connectivity index (χ2v) is 10.4. The lowest BCUT2D eigenvalue weighted by molar-refractivity contribution is -0.385. The van der Waals surface area contributed by atoms with E-state index in [1.807, 2.05) is 13.8 Å². The first kappa shape index (κ1) is 27.7. The number of aromatic nitrogens is 2. The van der Waals surface area contributed by atoms with Crippen LogP contribution in [0.4, 0.5) is 10.1 Å². The summed E-state index contributed by atoms with van der Waals surface area (Å²) >= 11 is 0. The number of carbonyl (C=O) groups excluding carboxylic acids is 1. The Kier molecular flexibility index (Phi) is 8.28. The molecule has 3 aromatic rings. The molecule has 1 heterocycles. The fraction of sp³-hybridized carbons (Fsp3) is 0.333. The molecule has 1 aromatic heterocycles. The monoisotopic (exact) mass is 533 g/mol. The highest BCUT2D eigenvalue weighted by Gasteiger charge is 2.28. The van der Waals surface area contributed by atoms with E-state index < -0.39 is 43.3 Å². The first-order valence-electron chi connectivity index (χ1n) is 11.5. The van der Waals surface area contributed by atoms with Crippen molar-refractivity contribution in [2.75, 3.05) is 0 Å². The van der Waals surface area contributed by atoms with Crippen molar-refractivity contribution in [2.24, 2.45) is 0 Å². The maximum Gasteiger partial charge on any atom is 0.272 e. The van der Waals surface area contributed by atoms with Crippen molar-refractivity contribution in [3.05, 3.63) is 69.7 Å². The predicted octanol–water partition coefficient (Wildman–Crippen LogP) is 4.24. The zero-order valence-electron chi connectivity index (χ0n) is 21.0. The Bertz CT molecular complexity index is 1420. The number of halogens is 1. The van der Waals surface area contributed by atoms with E-state index in [4.69, 9.17) is 4.74 Å². The molecule has 1 amide bonds. The van der Waals surface area contributed by atoms with E-state index in [0.717, 1.165) is 18.2 Å². The molecule has 0 saturated heterocycles. The van der Waals surface area contributed by atoms with Gasteiger partial charge in [-0.05, 0) is 64.4 Å². The lowest BCUT2D eigenvalue weighted by Crippen LogP contribution is -2.32. The minimum Gasteiger partial charge on any atom is -0.437 e. The lowest BCUT2D eigenvalue weighted by Gasteiger charge is -2.15. The van der Waals surface area contributed by atoms with E-state index in [1.165, 1.54) is 28.9 Å². The van der Waals surface area contributed by atoms with E-state index in [9.17, 15) is 27.7 Å². The van der Waals surface area contributed by atoms with Gasteiger partial charge in [-0.2, -0.15) is 9.78 Å². The molecule has 2 N–H and O–H groups in total. The van der Waals surface area contributed by atoms with Crippen LogP contribution in [0.15, 0.2) is 47.4 Å². The van der Waals surface area contributed by atoms with Crippen LogP contribution in [-0.2, 0) is 10.0 Å². The first-order chi connectivity index (χ1) is 17.3. The third-order valence-corrected chi connectivity index (χ3v) is 7.05. The molecule has 0 saturated carbocycles. The molecule has 2 aromatic carbocycles. The topological polar surface area (TPSA) is 145 Å². The van der Waals surface area contributed by atoms with Crippen molar-refractivity contribution in [3.8, 4) is 17.3 Å². The van der Waals surface area contributed by atoms with Crippen LogP contribution in [0.2, 0.25) is 0 Å². The quantitative estimate of drug-likeness (QED) is 0.293. The van der Waals surface area contributed by atoms with E-state index >= 15 is 0 Å². The van der Waals surface area contributed by atoms with Crippen LogP contribution in [0.1, 0.15) is 50.2 Å². The highest BCUT2D eigenvalue weighted by atomic mass is 32.2. The van der Waals surface area contributed by atoms with Crippen molar-refractivity contribution in [3.63, 3.8) is 0 Å². The zero-order valence-corrected chi connectivity index (χ0v) is 21.8. The fourth-order valence-electron chi connectivity index (χ4n) is 3.35. The second-order valence-electron chi connectivity index (χ2n) is 8.72. The Morgan fingerprint density at radius 1 is 1.19 bits per heavy atom. The number of hydrogen-bond donors (Lipinski definition) is 2. The standard InChI is InChI=1S/C24H28FN5O6S/c1-6-15(4)26-23(31)22-16(5)24(29(27-22)18-9-7-17(25)8-10-18)36-20-12-11-19(30(32)33)13-21(20)37(34,35)28-14(2)3/h7-15,28H,6H2,1-5H3,(H,26,31). The number of nitrogens with zero attached hydrogens (tertiary/aromatic N) is 3. The molecule has 0 aliphatic rings. The molecule has 13 heteroatoms. The SMILES string of the molecule is CCC(C)NC(=O)c1nn(-c2ccc(F)cc2)c(Oc2ccc([N+](=O)[O-])cc2S(=O)(=O)NC(C)C)c1C. The van der Waals surface area contributed by atoms with Crippen molar-refractivity contribution in [1.82, 2.24) is 19.8 Å². The number of nitro benzene ring substituents is 1. The molecule has 0 spiro atoms. The van der Waals surface area contributed by atoms with Crippen molar-refractivity contribution in [2.45, 2.75) is 58.0 Å². The van der Waals surface area contributed by atoms with Gasteiger partial charge in [-0.15, -0.1) is 0 Å². The van der Waals surface area contributed by atoms with Gasteiger partial charge in [-0.25, -0.2) is 17.5 Å². The summed E-state index contributed by atoms with van der Waals surface area (Å²) in [6.45, 7) is 8.51. The molecule has 0 bridgehead atoms. The normalized spacial score (nSPS) is 12.4. The number of amides is 1. The molecular formula is C24H28FN5O6S. The molecule has 198 valence electrons. The molecule has 0 radical (unpaired) electrons. The summed E-state index contributed by atoms with van der Waals surface area (Å²) in [6, 6.07) is 7.75. The summed E-state index contributed by atoms with van der Waals surface area (Å²) in [5, 5.41) is 18.5. The highest BCUT2D eigenvalue weighted by molar-refractivity contribution is 7.89. The van der Waals surface area contributed by atoms with Gasteiger partial charge in [0.2, 0.25) is 15.9 Å². The minimum atomic E-state index is -4.23. The summed E-state index contributed by atoms with van der Waals surface area (Å²) in [6.07, 6.45) is 0.680. The van der Waals surface area contributed by atoms with E-state index in [2.05, 4.69) is 15.1 Å². The lowest BCUT2D eigenvalue weighted by atomic mass is 10.2. The maximum absolute atomic E-state index is 13.6. The van der Waals surface area contributed by atoms with Gasteiger partial charge in [0.1, 0.15) is 16.5 Å². The third-order valence-electron chi connectivity index (χ3n) is 5.37. The fourth-order valence-corrected chi connectivity index (χ4v) is 4.75. The van der Waals surface area contributed by atoms with Crippen LogP contribution in [0, 0.1) is 22.9 Å². The summed E-state index contributed by atoms with van der Waals surface area (Å²) in [5.41, 5.74) is 0.192. The Labute approximate surface area is 213 Å². The predicted molar refractivity (Wildman–Crippen MR) is 134 cm³/mol. The van der Waals surface area contributed by atoms with Crippen LogP contribution in [0.25, 0.3) is 5.69 Å². The number of nitrogens with one attached hydrogen (secondary N) is 2. The van der Waals surface area contributed by atoms with Crippen LogP contribution < -0.4 is 14.8 Å². The molecule has 0 aliphatic carbocycles. The van der Waals surface area contributed by atoms with Crippen LogP contribution >= 0.6 is 0 Å². The number of benzene rings is 2. The molecular weight excluding hydrogens is 505 g/mol. The number of ether oxygens (including phenoxy) is 1. The minimum absolute atomic E-state index is 0.0178. The summed E-state index contributed by atoms with van der Waals surface area (Å²) in [5.74, 6) is -1.21. The van der Waals surface area contributed by atoms with E-state index in [1.54, 1.807) is 20.8 Å². The van der Waals surface area contributed by atoms with Gasteiger partial charge in [0.25, 0.3) is 11.6 Å². The van der Waals surface area contributed by atoms with E-state index in [-0.39, 0.29) is 28.9 Å². The van der Waals surface area contributed by atoms with Crippen molar-refractivity contribution >= 4 is 21.6 Å². The van der Waals surface area contributed by atoms with Crippen LogP contribution in [0.3, 0.4) is 0 Å². The summed E-state index contributed by atoms with van der Waals surface area (Å²) in [4.78, 5) is 23.1. The molecule has 3 rings (SSSR count). The van der Waals surface area contributed by atoms with Gasteiger partial charge in [0, 0.05) is 29.8 Å². The highest BCUT2D eigenvalue weighted by Crippen LogP contribution is 2.35. The summed E-state index contributed by atoms with van der Waals surface area (Å²) < 4.78 is 49.3. The largest absolute Gasteiger partial charge is 0.437 e. The molecule has 0 fully saturated rings. The number of rotatable bonds is 10. The van der Waals surface area contributed by atoms with Gasteiger partial charge in [-0.3, -0.25) is 14.9 Å². The zero-order chi connectivity index (χ0) is 27.5. The van der Waals surface area contributed by atoms with Gasteiger partial charge in [0.05, 0.1) is 10.6 Å². The number of nitro groups is 1. The van der Waals surface area contributed by atoms with Crippen molar-refractivity contribution < 1.29 is 27.3 Å². The number of hydrogen-bond acceptors (Lipinski definition) is 7. The van der Waals surface area contributed by atoms with Gasteiger partial charge in [-0.1, -0.05) is 6.92 Å². The van der Waals surface area contributed by atoms with Gasteiger partial charge < -0.3 is 10.1 Å². The molecule has 0 aliphatic heterocycles. The number of carbonyl (C=O) groups is 1. The Morgan fingerprint density at radius 2 is 1.84 bits per heavy atom. The molecule has 37 heavy (non-hydrogen) atoms. The molecule has 1 unspecified atom stereocenters. The molecule has 1 atom stereocenters. The second kappa shape index (κ2) is 11.0. The van der Waals surface area contributed by atoms with Crippen molar-refractivity contribution in [1.29, 1.82) is 0 Å². The van der Waals surface area contributed by atoms with E-state index in [0.29, 0.717) is 12.1 Å². The maximum atomic E-state index is 13.6. The first-order valence-corrected chi connectivity index (χ1v) is 13.0. The Hall–Kier alpha value is -3.84.